The third kappa shape index (κ3) is 3.25. The molecule has 19 heavy (non-hydrogen) atoms. The molecule has 0 radical (unpaired) electrons. The summed E-state index contributed by atoms with van der Waals surface area (Å²) in [7, 11) is 0. The fourth-order valence-electron chi connectivity index (χ4n) is 1.89. The molecule has 0 bridgehead atoms. The van der Waals surface area contributed by atoms with E-state index < -0.39 is 12.0 Å². The van der Waals surface area contributed by atoms with Gasteiger partial charge in [0.25, 0.3) is 0 Å². The first kappa shape index (κ1) is 13.0. The van der Waals surface area contributed by atoms with E-state index in [0.717, 1.165) is 11.3 Å². The van der Waals surface area contributed by atoms with Crippen LogP contribution in [-0.2, 0) is 4.79 Å². The summed E-state index contributed by atoms with van der Waals surface area (Å²) in [6.07, 6.45) is 0. The Balaban J connectivity index is 2.29. The summed E-state index contributed by atoms with van der Waals surface area (Å²) in [5.41, 5.74) is 2.29. The first-order valence-corrected chi connectivity index (χ1v) is 5.91. The molecule has 0 amide bonds. The van der Waals surface area contributed by atoms with E-state index in [-0.39, 0.29) is 5.75 Å². The predicted octanol–water partition coefficient (Wildman–Crippen LogP) is 2.94. The molecule has 0 saturated heterocycles. The van der Waals surface area contributed by atoms with Crippen molar-refractivity contribution in [3.63, 3.8) is 0 Å². The Labute approximate surface area is 111 Å². The minimum Gasteiger partial charge on any atom is -0.508 e. The van der Waals surface area contributed by atoms with Crippen molar-refractivity contribution in [3.05, 3.63) is 59.7 Å². The van der Waals surface area contributed by atoms with Gasteiger partial charge in [0.2, 0.25) is 0 Å². The van der Waals surface area contributed by atoms with Crippen LogP contribution < -0.4 is 5.32 Å². The van der Waals surface area contributed by atoms with E-state index >= 15 is 0 Å². The largest absolute Gasteiger partial charge is 0.508 e. The molecule has 2 rings (SSSR count). The second-order valence-corrected chi connectivity index (χ2v) is 4.38. The van der Waals surface area contributed by atoms with Gasteiger partial charge in [-0.25, -0.2) is 4.79 Å². The Morgan fingerprint density at radius 2 is 1.89 bits per heavy atom. The molecule has 0 spiro atoms. The van der Waals surface area contributed by atoms with Crippen LogP contribution in [0.2, 0.25) is 0 Å². The van der Waals surface area contributed by atoms with Crippen LogP contribution in [0.4, 0.5) is 5.69 Å². The zero-order chi connectivity index (χ0) is 13.8. The Kier molecular flexibility index (Phi) is 3.71. The number of rotatable bonds is 4. The van der Waals surface area contributed by atoms with Gasteiger partial charge < -0.3 is 15.5 Å². The third-order valence-electron chi connectivity index (χ3n) is 2.78. The fraction of sp³-hybridized carbons (Fsp3) is 0.133. The number of carboxylic acids is 1. The van der Waals surface area contributed by atoms with Gasteiger partial charge in [0.05, 0.1) is 0 Å². The molecule has 3 N–H and O–H groups in total. The van der Waals surface area contributed by atoms with Crippen molar-refractivity contribution in [2.45, 2.75) is 13.0 Å². The summed E-state index contributed by atoms with van der Waals surface area (Å²) >= 11 is 0. The van der Waals surface area contributed by atoms with Crippen LogP contribution in [0, 0.1) is 6.92 Å². The molecule has 4 heteroatoms. The van der Waals surface area contributed by atoms with E-state index in [2.05, 4.69) is 5.32 Å². The van der Waals surface area contributed by atoms with Gasteiger partial charge in [0.15, 0.2) is 6.04 Å². The number of aliphatic carboxylic acids is 1. The smallest absolute Gasteiger partial charge is 0.330 e. The fourth-order valence-corrected chi connectivity index (χ4v) is 1.89. The molecule has 98 valence electrons. The molecular formula is C15H15NO3. The van der Waals surface area contributed by atoms with Crippen molar-refractivity contribution in [1.29, 1.82) is 0 Å². The quantitative estimate of drug-likeness (QED) is 0.787. The number of phenols is 1. The number of phenolic OH excluding ortho intramolecular Hbond substituents is 1. The summed E-state index contributed by atoms with van der Waals surface area (Å²) in [4.78, 5) is 11.4. The lowest BCUT2D eigenvalue weighted by Crippen LogP contribution is -2.20. The van der Waals surface area contributed by atoms with Gasteiger partial charge in [-0.2, -0.15) is 0 Å². The maximum Gasteiger partial charge on any atom is 0.330 e. The standard InChI is InChI=1S/C15H15NO3/c1-10-4-2-6-12(8-10)16-14(15(18)19)11-5-3-7-13(17)9-11/h2-9,14,16-17H,1H3,(H,18,19). The number of nitrogens with one attached hydrogen (secondary N) is 1. The normalized spacial score (nSPS) is 11.8. The summed E-state index contributed by atoms with van der Waals surface area (Å²) in [5, 5.41) is 21.7. The van der Waals surface area contributed by atoms with Crippen molar-refractivity contribution < 1.29 is 15.0 Å². The van der Waals surface area contributed by atoms with Gasteiger partial charge >= 0.3 is 5.97 Å². The first-order chi connectivity index (χ1) is 9.06. The molecule has 0 heterocycles. The van der Waals surface area contributed by atoms with E-state index in [1.54, 1.807) is 12.1 Å². The molecule has 0 aromatic heterocycles. The highest BCUT2D eigenvalue weighted by molar-refractivity contribution is 5.79. The average Bonchev–Trinajstić information content (AvgIpc) is 2.35. The molecular weight excluding hydrogens is 242 g/mol. The summed E-state index contributed by atoms with van der Waals surface area (Å²) in [6, 6.07) is 12.8. The zero-order valence-electron chi connectivity index (χ0n) is 10.5. The minimum atomic E-state index is -0.993. The molecule has 0 fully saturated rings. The number of carbonyl (C=O) groups is 1. The summed E-state index contributed by atoms with van der Waals surface area (Å²) in [5.74, 6) is -0.943. The van der Waals surface area contributed by atoms with Crippen molar-refractivity contribution in [2.24, 2.45) is 0 Å². The van der Waals surface area contributed by atoms with E-state index in [0.29, 0.717) is 5.56 Å². The third-order valence-corrected chi connectivity index (χ3v) is 2.78. The molecule has 1 unspecified atom stereocenters. The number of carboxylic acid groups (broad SMARTS) is 1. The highest BCUT2D eigenvalue weighted by atomic mass is 16.4. The number of hydrogen-bond donors (Lipinski definition) is 3. The summed E-state index contributed by atoms with van der Waals surface area (Å²) < 4.78 is 0. The van der Waals surface area contributed by atoms with Crippen LogP contribution in [0.15, 0.2) is 48.5 Å². The Hall–Kier alpha value is -2.49. The molecule has 2 aromatic carbocycles. The van der Waals surface area contributed by atoms with Gasteiger partial charge in [-0.1, -0.05) is 24.3 Å². The van der Waals surface area contributed by atoms with Gasteiger partial charge in [-0.3, -0.25) is 0 Å². The molecule has 0 aliphatic rings. The number of aryl methyl sites for hydroxylation is 1. The Morgan fingerprint density at radius 1 is 1.16 bits per heavy atom. The van der Waals surface area contributed by atoms with Gasteiger partial charge in [0, 0.05) is 5.69 Å². The van der Waals surface area contributed by atoms with E-state index in [1.807, 2.05) is 31.2 Å². The lowest BCUT2D eigenvalue weighted by atomic mass is 10.1. The highest BCUT2D eigenvalue weighted by Gasteiger charge is 2.19. The van der Waals surface area contributed by atoms with Crippen molar-refractivity contribution in [2.75, 3.05) is 5.32 Å². The molecule has 0 aliphatic carbocycles. The van der Waals surface area contributed by atoms with Crippen LogP contribution in [0.3, 0.4) is 0 Å². The number of benzene rings is 2. The van der Waals surface area contributed by atoms with Crippen molar-refractivity contribution >= 4 is 11.7 Å². The van der Waals surface area contributed by atoms with E-state index in [9.17, 15) is 15.0 Å². The van der Waals surface area contributed by atoms with E-state index in [4.69, 9.17) is 0 Å². The molecule has 4 nitrogen and oxygen atoms in total. The minimum absolute atomic E-state index is 0.0507. The van der Waals surface area contributed by atoms with Crippen LogP contribution in [0.1, 0.15) is 17.2 Å². The van der Waals surface area contributed by atoms with Gasteiger partial charge in [0.1, 0.15) is 5.75 Å². The molecule has 0 aliphatic heterocycles. The molecule has 0 saturated carbocycles. The predicted molar refractivity (Wildman–Crippen MR) is 73.3 cm³/mol. The maximum atomic E-state index is 11.4. The van der Waals surface area contributed by atoms with Crippen LogP contribution in [0.25, 0.3) is 0 Å². The average molecular weight is 257 g/mol. The maximum absolute atomic E-state index is 11.4. The first-order valence-electron chi connectivity index (χ1n) is 5.91. The SMILES string of the molecule is Cc1cccc(NC(C(=O)O)c2cccc(O)c2)c1. The van der Waals surface area contributed by atoms with Gasteiger partial charge in [-0.15, -0.1) is 0 Å². The topological polar surface area (TPSA) is 69.6 Å². The summed E-state index contributed by atoms with van der Waals surface area (Å²) in [6.45, 7) is 1.94. The lowest BCUT2D eigenvalue weighted by Gasteiger charge is -2.16. The number of hydrogen-bond acceptors (Lipinski definition) is 3. The lowest BCUT2D eigenvalue weighted by molar-refractivity contribution is -0.138. The van der Waals surface area contributed by atoms with Crippen LogP contribution in [0.5, 0.6) is 5.75 Å². The number of anilines is 1. The van der Waals surface area contributed by atoms with Crippen LogP contribution >= 0.6 is 0 Å². The molecule has 1 atom stereocenters. The van der Waals surface area contributed by atoms with E-state index in [1.165, 1.54) is 12.1 Å². The number of aromatic hydroxyl groups is 1. The molecule has 2 aromatic rings. The second-order valence-electron chi connectivity index (χ2n) is 4.38. The van der Waals surface area contributed by atoms with Gasteiger partial charge in [-0.05, 0) is 42.3 Å². The monoisotopic (exact) mass is 257 g/mol. The highest BCUT2D eigenvalue weighted by Crippen LogP contribution is 2.23. The van der Waals surface area contributed by atoms with Crippen molar-refractivity contribution in [1.82, 2.24) is 0 Å². The van der Waals surface area contributed by atoms with Crippen LogP contribution in [-0.4, -0.2) is 16.2 Å². The Bertz CT molecular complexity index is 595. The zero-order valence-corrected chi connectivity index (χ0v) is 10.5. The van der Waals surface area contributed by atoms with Crippen molar-refractivity contribution in [3.8, 4) is 5.75 Å². The Morgan fingerprint density at radius 3 is 2.53 bits per heavy atom. The second kappa shape index (κ2) is 5.44.